The fourth-order valence-electron chi connectivity index (χ4n) is 2.36. The molecular weight excluding hydrogens is 453 g/mol. The molecule has 164 valence electrons. The molecule has 30 heavy (non-hydrogen) atoms. The van der Waals surface area contributed by atoms with E-state index in [2.05, 4.69) is 10.3 Å². The van der Waals surface area contributed by atoms with Crippen LogP contribution in [0, 0.1) is 5.21 Å². The van der Waals surface area contributed by atoms with Crippen molar-refractivity contribution in [1.82, 2.24) is 5.32 Å². The normalized spacial score (nSPS) is 11.6. The Morgan fingerprint density at radius 1 is 1.20 bits per heavy atom. The third-order valence-electron chi connectivity index (χ3n) is 3.35. The molecule has 0 fully saturated rings. The summed E-state index contributed by atoms with van der Waals surface area (Å²) in [6.45, 7) is 1.26. The highest BCUT2D eigenvalue weighted by Gasteiger charge is 2.24. The van der Waals surface area contributed by atoms with Crippen LogP contribution in [0.1, 0.15) is 18.1 Å². The fraction of sp³-hybridized carbons (Fsp3) is 0.250. The van der Waals surface area contributed by atoms with Gasteiger partial charge in [0.15, 0.2) is 5.84 Å². The number of nitrogens with one attached hydrogen (secondary N) is 1. The number of aliphatic hydroxyl groups is 1. The van der Waals surface area contributed by atoms with E-state index in [0.29, 0.717) is 16.6 Å². The molecule has 0 spiro atoms. The van der Waals surface area contributed by atoms with Crippen LogP contribution in [-0.2, 0) is 4.79 Å². The molecule has 0 bridgehead atoms. The van der Waals surface area contributed by atoms with Crippen LogP contribution in [0.25, 0.3) is 0 Å². The van der Waals surface area contributed by atoms with E-state index in [1.807, 2.05) is 36.4 Å². The topological polar surface area (TPSA) is 108 Å². The van der Waals surface area contributed by atoms with Crippen LogP contribution in [0.3, 0.4) is 0 Å². The predicted molar refractivity (Wildman–Crippen MR) is 124 cm³/mol. The number of halogens is 3. The second-order valence-electron chi connectivity index (χ2n) is 5.34. The standard InChI is InChI=1S/C16H14ClN3O.C2H4O2.CH2Cl2.CH4O/c1-18-15-10-20(21)16(11-5-3-2-4-6-11)13-9-12(17)7-8-14(13)19-15;1-2(3)4;2-1-3;1-2/h2-9H,10H2,1H3,(H,18,19);1H3,(H,3,4);1H2;2H,1H3. The number of carboxylic acids is 1. The molecule has 0 saturated heterocycles. The first-order valence-corrected chi connectivity index (χ1v) is 9.97. The molecule has 3 rings (SSSR count). The number of nitrogens with zero attached hydrogens (tertiary/aromatic N) is 2. The summed E-state index contributed by atoms with van der Waals surface area (Å²) >= 11 is 15.6. The van der Waals surface area contributed by atoms with Gasteiger partial charge < -0.3 is 20.7 Å². The van der Waals surface area contributed by atoms with Gasteiger partial charge >= 0.3 is 0 Å². The number of hydrogen-bond donors (Lipinski definition) is 3. The Hall–Kier alpha value is -2.32. The number of aliphatic carboxylic acids is 1. The molecule has 0 aromatic heterocycles. The van der Waals surface area contributed by atoms with E-state index in [4.69, 9.17) is 49.8 Å². The Morgan fingerprint density at radius 3 is 2.23 bits per heavy atom. The van der Waals surface area contributed by atoms with Gasteiger partial charge in [0.05, 0.1) is 16.6 Å². The Balaban J connectivity index is 0.000000806. The molecule has 0 radical (unpaired) electrons. The molecule has 1 aliphatic heterocycles. The zero-order chi connectivity index (χ0) is 23.1. The Morgan fingerprint density at radius 2 is 1.73 bits per heavy atom. The van der Waals surface area contributed by atoms with Crippen molar-refractivity contribution in [3.63, 3.8) is 0 Å². The van der Waals surface area contributed by atoms with Gasteiger partial charge in [0.1, 0.15) is 0 Å². The summed E-state index contributed by atoms with van der Waals surface area (Å²) < 4.78 is 0.951. The molecule has 10 heteroatoms. The summed E-state index contributed by atoms with van der Waals surface area (Å²) in [4.78, 5) is 13.5. The number of likely N-dealkylation sites (N-methyl/N-ethyl adjacent to an activating group) is 1. The van der Waals surface area contributed by atoms with Gasteiger partial charge in [0.25, 0.3) is 5.97 Å². The fourth-order valence-corrected chi connectivity index (χ4v) is 2.53. The lowest BCUT2D eigenvalue weighted by atomic mass is 10.0. The minimum absolute atomic E-state index is 0.174. The van der Waals surface area contributed by atoms with E-state index in [-0.39, 0.29) is 11.9 Å². The maximum Gasteiger partial charge on any atom is 0.300 e. The van der Waals surface area contributed by atoms with Crippen molar-refractivity contribution in [3.8, 4) is 0 Å². The van der Waals surface area contributed by atoms with Crippen LogP contribution < -0.4 is 5.32 Å². The highest BCUT2D eigenvalue weighted by molar-refractivity contribution is 6.40. The molecule has 0 saturated carbocycles. The van der Waals surface area contributed by atoms with E-state index in [0.717, 1.165) is 35.6 Å². The number of aliphatic hydroxyl groups excluding tert-OH is 1. The predicted octanol–water partition coefficient (Wildman–Crippen LogP) is 4.07. The van der Waals surface area contributed by atoms with Crippen LogP contribution in [0.5, 0.6) is 0 Å². The minimum atomic E-state index is -0.833. The first-order valence-electron chi connectivity index (χ1n) is 8.52. The van der Waals surface area contributed by atoms with E-state index < -0.39 is 5.97 Å². The highest BCUT2D eigenvalue weighted by atomic mass is 35.5. The van der Waals surface area contributed by atoms with Gasteiger partial charge in [0.2, 0.25) is 12.3 Å². The molecule has 0 amide bonds. The van der Waals surface area contributed by atoms with Gasteiger partial charge in [0, 0.05) is 31.7 Å². The maximum atomic E-state index is 12.6. The van der Waals surface area contributed by atoms with Gasteiger partial charge in [-0.3, -0.25) is 4.79 Å². The van der Waals surface area contributed by atoms with Crippen LogP contribution in [-0.4, -0.2) is 58.5 Å². The average Bonchev–Trinajstić information content (AvgIpc) is 2.85. The number of benzene rings is 2. The number of alkyl halides is 2. The molecule has 3 N–H and O–H groups in total. The number of hydroxylamine groups is 1. The van der Waals surface area contributed by atoms with E-state index in [1.165, 1.54) is 0 Å². The average molecular weight is 477 g/mol. The maximum absolute atomic E-state index is 12.6. The van der Waals surface area contributed by atoms with Crippen LogP contribution >= 0.6 is 34.8 Å². The van der Waals surface area contributed by atoms with E-state index >= 15 is 0 Å². The quantitative estimate of drug-likeness (QED) is 0.327. The monoisotopic (exact) mass is 475 g/mol. The number of aliphatic imine (C=N–C) groups is 1. The summed E-state index contributed by atoms with van der Waals surface area (Å²) in [5.41, 5.74) is 2.92. The molecule has 1 heterocycles. The van der Waals surface area contributed by atoms with E-state index in [9.17, 15) is 5.21 Å². The molecule has 7 nitrogen and oxygen atoms in total. The molecule has 1 aliphatic rings. The van der Waals surface area contributed by atoms with Crippen molar-refractivity contribution < 1.29 is 19.7 Å². The lowest BCUT2D eigenvalue weighted by Crippen LogP contribution is -2.29. The smallest absolute Gasteiger partial charge is 0.300 e. The largest absolute Gasteiger partial charge is 0.623 e. The number of hydrogen-bond acceptors (Lipinski definition) is 5. The molecule has 2 aromatic carbocycles. The highest BCUT2D eigenvalue weighted by Crippen LogP contribution is 2.27. The number of fused-ring (bicyclic) bond motifs is 1. The van der Waals surface area contributed by atoms with E-state index in [1.54, 1.807) is 19.2 Å². The SMILES string of the molecule is CC(=O)O.CNC1=Nc2ccc(Cl)cc2C(c2ccccc2)=[N+]([O-])C1.CO.ClCCl. The zero-order valence-corrected chi connectivity index (χ0v) is 19.0. The molecule has 0 atom stereocenters. The Kier molecular flexibility index (Phi) is 14.3. The zero-order valence-electron chi connectivity index (χ0n) is 16.8. The Labute approximate surface area is 190 Å². The second-order valence-corrected chi connectivity index (χ2v) is 6.59. The minimum Gasteiger partial charge on any atom is -0.623 e. The molecule has 0 aliphatic carbocycles. The van der Waals surface area contributed by atoms with Gasteiger partial charge in [-0.1, -0.05) is 29.8 Å². The molecular formula is C20H24Cl3N3O4. The summed E-state index contributed by atoms with van der Waals surface area (Å²) in [6.07, 6.45) is 0. The Bertz CT molecular complexity index is 856. The number of carbonyl (C=O) groups is 1. The summed E-state index contributed by atoms with van der Waals surface area (Å²) in [5.74, 6) is -0.209. The third-order valence-corrected chi connectivity index (χ3v) is 3.58. The third kappa shape index (κ3) is 9.45. The van der Waals surface area contributed by atoms with Crippen LogP contribution in [0.15, 0.2) is 53.5 Å². The first-order chi connectivity index (χ1) is 14.3. The van der Waals surface area contributed by atoms with Crippen molar-refractivity contribution in [1.29, 1.82) is 0 Å². The lowest BCUT2D eigenvalue weighted by Gasteiger charge is -2.10. The van der Waals surface area contributed by atoms with Crippen molar-refractivity contribution in [2.45, 2.75) is 6.92 Å². The molecule has 2 aromatic rings. The molecule has 0 unspecified atom stereocenters. The first kappa shape index (κ1) is 27.7. The van der Waals surface area contributed by atoms with Crippen LogP contribution in [0.4, 0.5) is 5.69 Å². The van der Waals surface area contributed by atoms with Crippen molar-refractivity contribution in [3.05, 3.63) is 69.9 Å². The van der Waals surface area contributed by atoms with Gasteiger partial charge in [-0.2, -0.15) is 4.74 Å². The van der Waals surface area contributed by atoms with Gasteiger partial charge in [-0.05, 0) is 30.3 Å². The number of carboxylic acid groups (broad SMARTS) is 1. The van der Waals surface area contributed by atoms with Crippen molar-refractivity contribution >= 4 is 58.0 Å². The number of rotatable bonds is 1. The van der Waals surface area contributed by atoms with Crippen molar-refractivity contribution in [2.75, 3.05) is 26.0 Å². The lowest BCUT2D eigenvalue weighted by molar-refractivity contribution is -0.439. The summed E-state index contributed by atoms with van der Waals surface area (Å²) in [5, 5.41) is 30.7. The number of amidine groups is 1. The second kappa shape index (κ2) is 15.5. The van der Waals surface area contributed by atoms with Gasteiger partial charge in [-0.15, -0.1) is 23.2 Å². The van der Waals surface area contributed by atoms with Crippen LogP contribution in [0.2, 0.25) is 5.02 Å². The summed E-state index contributed by atoms with van der Waals surface area (Å²) in [7, 11) is 2.76. The van der Waals surface area contributed by atoms with Gasteiger partial charge in [-0.25, -0.2) is 4.99 Å². The van der Waals surface area contributed by atoms with Crippen molar-refractivity contribution in [2.24, 2.45) is 4.99 Å². The summed E-state index contributed by atoms with van der Waals surface area (Å²) in [6, 6.07) is 15.0.